The molecule has 0 aliphatic carbocycles. The summed E-state index contributed by atoms with van der Waals surface area (Å²) < 4.78 is 0. The molecular formula is C11H14N2O2. The minimum atomic E-state index is -0.426. The largest absolute Gasteiger partial charge is 0.388 e. The number of nitrogens with zero attached hydrogens (tertiary/aromatic N) is 1. The van der Waals surface area contributed by atoms with Crippen molar-refractivity contribution in [2.24, 2.45) is 5.73 Å². The molecule has 15 heavy (non-hydrogen) atoms. The Labute approximate surface area is 88.3 Å². The number of anilines is 1. The predicted molar refractivity (Wildman–Crippen MR) is 57.4 cm³/mol. The van der Waals surface area contributed by atoms with E-state index in [1.165, 1.54) is 0 Å². The molecule has 1 heterocycles. The van der Waals surface area contributed by atoms with Crippen molar-refractivity contribution in [3.05, 3.63) is 29.8 Å². The Morgan fingerprint density at radius 1 is 1.53 bits per heavy atom. The molecule has 1 aromatic carbocycles. The van der Waals surface area contributed by atoms with Crippen LogP contribution in [0.3, 0.4) is 0 Å². The first-order chi connectivity index (χ1) is 7.18. The second kappa shape index (κ2) is 3.90. The van der Waals surface area contributed by atoms with Crippen molar-refractivity contribution in [1.82, 2.24) is 0 Å². The first kappa shape index (κ1) is 9.98. The second-order valence-corrected chi connectivity index (χ2v) is 3.75. The van der Waals surface area contributed by atoms with Crippen LogP contribution in [-0.4, -0.2) is 24.1 Å². The Bertz CT molecular complexity index is 379. The number of hydrogen-bond donors (Lipinski definition) is 2. The molecule has 1 amide bonds. The number of hydrogen-bond acceptors (Lipinski definition) is 3. The summed E-state index contributed by atoms with van der Waals surface area (Å²) in [5, 5.41) is 9.77. The molecule has 0 bridgehead atoms. The molecule has 0 fully saturated rings. The average molecular weight is 206 g/mol. The van der Waals surface area contributed by atoms with E-state index in [4.69, 9.17) is 5.73 Å². The van der Waals surface area contributed by atoms with Crippen molar-refractivity contribution in [1.29, 1.82) is 0 Å². The maximum absolute atomic E-state index is 10.9. The first-order valence-electron chi connectivity index (χ1n) is 4.98. The minimum Gasteiger partial charge on any atom is -0.388 e. The predicted octanol–water partition coefficient (Wildman–Crippen LogP) is 0.415. The zero-order valence-corrected chi connectivity index (χ0v) is 8.39. The van der Waals surface area contributed by atoms with Crippen LogP contribution in [0.1, 0.15) is 18.1 Å². The van der Waals surface area contributed by atoms with E-state index in [-0.39, 0.29) is 12.5 Å². The number of aliphatic hydroxyl groups excluding tert-OH is 1. The van der Waals surface area contributed by atoms with Crippen LogP contribution < -0.4 is 10.6 Å². The Kier molecular flexibility index (Phi) is 2.60. The highest BCUT2D eigenvalue weighted by atomic mass is 16.3. The third kappa shape index (κ3) is 1.94. The van der Waals surface area contributed by atoms with Gasteiger partial charge in [-0.3, -0.25) is 4.79 Å². The number of carbonyl (C=O) groups excluding carboxylic acids is 1. The van der Waals surface area contributed by atoms with Gasteiger partial charge in [0.25, 0.3) is 0 Å². The lowest BCUT2D eigenvalue weighted by Gasteiger charge is -2.32. The Hall–Kier alpha value is -1.55. The van der Waals surface area contributed by atoms with Gasteiger partial charge in [-0.15, -0.1) is 0 Å². The fraction of sp³-hybridized carbons (Fsp3) is 0.364. The van der Waals surface area contributed by atoms with Crippen LogP contribution in [-0.2, 0) is 4.79 Å². The Balaban J connectivity index is 2.31. The van der Waals surface area contributed by atoms with Crippen LogP contribution in [0.15, 0.2) is 24.3 Å². The molecule has 80 valence electrons. The molecule has 0 spiro atoms. The molecule has 1 aliphatic heterocycles. The maximum Gasteiger partial charge on any atom is 0.236 e. The Morgan fingerprint density at radius 3 is 3.00 bits per heavy atom. The van der Waals surface area contributed by atoms with E-state index in [1.807, 2.05) is 29.2 Å². The molecule has 1 aliphatic rings. The summed E-state index contributed by atoms with van der Waals surface area (Å²) >= 11 is 0. The van der Waals surface area contributed by atoms with Gasteiger partial charge in [-0.2, -0.15) is 0 Å². The monoisotopic (exact) mass is 206 g/mol. The topological polar surface area (TPSA) is 66.6 Å². The van der Waals surface area contributed by atoms with Gasteiger partial charge in [0.1, 0.15) is 0 Å². The summed E-state index contributed by atoms with van der Waals surface area (Å²) in [4.78, 5) is 12.8. The number of aliphatic hydroxyl groups is 1. The summed E-state index contributed by atoms with van der Waals surface area (Å²) in [5.74, 6) is -0.346. The van der Waals surface area contributed by atoms with Crippen molar-refractivity contribution in [3.63, 3.8) is 0 Å². The van der Waals surface area contributed by atoms with Gasteiger partial charge in [0, 0.05) is 17.8 Å². The lowest BCUT2D eigenvalue weighted by Crippen LogP contribution is -2.38. The number of nitrogens with two attached hydrogens (primary N) is 1. The SMILES string of the molecule is NC(=O)CN1CCC(O)c2ccccc21. The summed E-state index contributed by atoms with van der Waals surface area (Å²) in [6.07, 6.45) is 0.218. The van der Waals surface area contributed by atoms with E-state index in [2.05, 4.69) is 0 Å². The number of rotatable bonds is 2. The maximum atomic E-state index is 10.9. The number of para-hydroxylation sites is 1. The summed E-state index contributed by atoms with van der Waals surface area (Å²) in [5.41, 5.74) is 6.96. The highest BCUT2D eigenvalue weighted by Gasteiger charge is 2.23. The van der Waals surface area contributed by atoms with Crippen LogP contribution in [0.2, 0.25) is 0 Å². The molecule has 0 radical (unpaired) electrons. The van der Waals surface area contributed by atoms with Gasteiger partial charge in [0.2, 0.25) is 5.91 Å². The van der Waals surface area contributed by atoms with Crippen molar-refractivity contribution < 1.29 is 9.90 Å². The molecule has 2 rings (SSSR count). The smallest absolute Gasteiger partial charge is 0.236 e. The van der Waals surface area contributed by atoms with Crippen molar-refractivity contribution in [2.75, 3.05) is 18.0 Å². The van der Waals surface area contributed by atoms with E-state index in [0.29, 0.717) is 13.0 Å². The van der Waals surface area contributed by atoms with E-state index in [1.54, 1.807) is 0 Å². The number of fused-ring (bicyclic) bond motifs is 1. The Morgan fingerprint density at radius 2 is 2.27 bits per heavy atom. The fourth-order valence-electron chi connectivity index (χ4n) is 1.96. The summed E-state index contributed by atoms with van der Waals surface area (Å²) in [6, 6.07) is 7.56. The number of carbonyl (C=O) groups is 1. The molecule has 1 unspecified atom stereocenters. The molecule has 3 N–H and O–H groups in total. The zero-order valence-electron chi connectivity index (χ0n) is 8.39. The lowest BCUT2D eigenvalue weighted by molar-refractivity contribution is -0.116. The average Bonchev–Trinajstić information content (AvgIpc) is 2.22. The van der Waals surface area contributed by atoms with Gasteiger partial charge < -0.3 is 15.7 Å². The number of primary amides is 1. The van der Waals surface area contributed by atoms with Gasteiger partial charge in [0.05, 0.1) is 12.6 Å². The highest BCUT2D eigenvalue weighted by Crippen LogP contribution is 2.32. The highest BCUT2D eigenvalue weighted by molar-refractivity contribution is 5.80. The van der Waals surface area contributed by atoms with Gasteiger partial charge in [-0.25, -0.2) is 0 Å². The first-order valence-corrected chi connectivity index (χ1v) is 4.98. The van der Waals surface area contributed by atoms with E-state index in [0.717, 1.165) is 11.3 Å². The third-order valence-electron chi connectivity index (χ3n) is 2.66. The molecule has 4 heteroatoms. The summed E-state index contributed by atoms with van der Waals surface area (Å²) in [6.45, 7) is 0.880. The van der Waals surface area contributed by atoms with Crippen LogP contribution in [0.5, 0.6) is 0 Å². The van der Waals surface area contributed by atoms with Gasteiger partial charge >= 0.3 is 0 Å². The van der Waals surface area contributed by atoms with Crippen LogP contribution in [0, 0.1) is 0 Å². The minimum absolute atomic E-state index is 0.212. The number of amides is 1. The van der Waals surface area contributed by atoms with Crippen LogP contribution >= 0.6 is 0 Å². The van der Waals surface area contributed by atoms with Gasteiger partial charge in [0.15, 0.2) is 0 Å². The third-order valence-corrected chi connectivity index (χ3v) is 2.66. The van der Waals surface area contributed by atoms with E-state index < -0.39 is 6.10 Å². The van der Waals surface area contributed by atoms with Crippen molar-refractivity contribution in [3.8, 4) is 0 Å². The molecule has 1 atom stereocenters. The standard InChI is InChI=1S/C11H14N2O2/c12-11(15)7-13-6-5-10(14)8-3-1-2-4-9(8)13/h1-4,10,14H,5-7H2,(H2,12,15). The van der Waals surface area contributed by atoms with Gasteiger partial charge in [-0.05, 0) is 12.5 Å². The van der Waals surface area contributed by atoms with E-state index >= 15 is 0 Å². The number of benzene rings is 1. The fourth-order valence-corrected chi connectivity index (χ4v) is 1.96. The van der Waals surface area contributed by atoms with Crippen molar-refractivity contribution >= 4 is 11.6 Å². The molecule has 0 aromatic heterocycles. The van der Waals surface area contributed by atoms with Crippen molar-refractivity contribution in [2.45, 2.75) is 12.5 Å². The molecule has 4 nitrogen and oxygen atoms in total. The molecule has 0 saturated heterocycles. The molecule has 1 aromatic rings. The van der Waals surface area contributed by atoms with Gasteiger partial charge in [-0.1, -0.05) is 18.2 Å². The quantitative estimate of drug-likeness (QED) is 0.736. The molecular weight excluding hydrogens is 192 g/mol. The normalized spacial score (nSPS) is 19.8. The lowest BCUT2D eigenvalue weighted by atomic mass is 9.99. The van der Waals surface area contributed by atoms with Crippen LogP contribution in [0.4, 0.5) is 5.69 Å². The van der Waals surface area contributed by atoms with E-state index in [9.17, 15) is 9.90 Å². The molecule has 0 saturated carbocycles. The zero-order chi connectivity index (χ0) is 10.8. The van der Waals surface area contributed by atoms with Crippen LogP contribution in [0.25, 0.3) is 0 Å². The summed E-state index contributed by atoms with van der Waals surface area (Å²) in [7, 11) is 0. The second-order valence-electron chi connectivity index (χ2n) is 3.75.